The predicted molar refractivity (Wildman–Crippen MR) is 50.1 cm³/mol. The lowest BCUT2D eigenvalue weighted by atomic mass is 10.3. The van der Waals surface area contributed by atoms with Crippen molar-refractivity contribution >= 4 is 11.6 Å². The smallest absolute Gasteiger partial charge is 0.130 e. The number of rotatable bonds is 1. The molecule has 0 saturated heterocycles. The molecule has 0 aliphatic heterocycles. The van der Waals surface area contributed by atoms with E-state index in [1.165, 1.54) is 0 Å². The zero-order valence-electron chi connectivity index (χ0n) is 6.61. The number of hydrogen-bond donors (Lipinski definition) is 0. The summed E-state index contributed by atoms with van der Waals surface area (Å²) in [5.41, 5.74) is 8.53. The maximum Gasteiger partial charge on any atom is 0.130 e. The van der Waals surface area contributed by atoms with E-state index in [1.54, 1.807) is 18.2 Å². The van der Waals surface area contributed by atoms with Crippen LogP contribution in [-0.4, -0.2) is 11.5 Å². The molecule has 0 saturated carbocycles. The van der Waals surface area contributed by atoms with Gasteiger partial charge < -0.3 is 0 Å². The molecule has 0 atom stereocenters. The average molecular weight is 193 g/mol. The van der Waals surface area contributed by atoms with Crippen LogP contribution in [0.25, 0.3) is 10.4 Å². The highest BCUT2D eigenvalue weighted by atomic mass is 35.5. The SMILES string of the molecule is [N-]=[N+]=NCC#Cc1cccc(Cl)n1. The van der Waals surface area contributed by atoms with E-state index >= 15 is 0 Å². The van der Waals surface area contributed by atoms with Crippen molar-refractivity contribution < 1.29 is 0 Å². The molecule has 1 rings (SSSR count). The van der Waals surface area contributed by atoms with Crippen LogP contribution >= 0.6 is 11.6 Å². The van der Waals surface area contributed by atoms with E-state index in [0.717, 1.165) is 0 Å². The summed E-state index contributed by atoms with van der Waals surface area (Å²) >= 11 is 5.62. The van der Waals surface area contributed by atoms with Crippen molar-refractivity contribution in [2.24, 2.45) is 5.11 Å². The minimum absolute atomic E-state index is 0.144. The fraction of sp³-hybridized carbons (Fsp3) is 0.125. The predicted octanol–water partition coefficient (Wildman–Crippen LogP) is 2.40. The van der Waals surface area contributed by atoms with E-state index < -0.39 is 0 Å². The Bertz CT molecular complexity index is 398. The molecular formula is C8H5ClN4. The van der Waals surface area contributed by atoms with Gasteiger partial charge in [-0.3, -0.25) is 0 Å². The van der Waals surface area contributed by atoms with Gasteiger partial charge in [-0.25, -0.2) is 4.98 Å². The summed E-state index contributed by atoms with van der Waals surface area (Å²) in [5.74, 6) is 5.35. The first-order chi connectivity index (χ1) is 6.33. The number of aromatic nitrogens is 1. The molecule has 1 aromatic heterocycles. The maximum absolute atomic E-state index is 7.96. The molecule has 5 heteroatoms. The van der Waals surface area contributed by atoms with Crippen molar-refractivity contribution in [3.63, 3.8) is 0 Å². The zero-order chi connectivity index (χ0) is 9.52. The van der Waals surface area contributed by atoms with Crippen LogP contribution in [0.1, 0.15) is 5.69 Å². The number of halogens is 1. The van der Waals surface area contributed by atoms with E-state index in [0.29, 0.717) is 10.8 Å². The second kappa shape index (κ2) is 5.04. The molecule has 0 spiro atoms. The van der Waals surface area contributed by atoms with Crippen LogP contribution in [0.5, 0.6) is 0 Å². The van der Waals surface area contributed by atoms with Gasteiger partial charge >= 0.3 is 0 Å². The summed E-state index contributed by atoms with van der Waals surface area (Å²) in [6.45, 7) is 0.144. The molecule has 0 bridgehead atoms. The maximum atomic E-state index is 7.96. The minimum atomic E-state index is 0.144. The van der Waals surface area contributed by atoms with Gasteiger partial charge in [-0.1, -0.05) is 28.7 Å². The lowest BCUT2D eigenvalue weighted by Gasteiger charge is -1.88. The van der Waals surface area contributed by atoms with Crippen LogP contribution in [-0.2, 0) is 0 Å². The van der Waals surface area contributed by atoms with Crippen molar-refractivity contribution in [1.29, 1.82) is 0 Å². The summed E-state index contributed by atoms with van der Waals surface area (Å²) in [5, 5.41) is 3.65. The van der Waals surface area contributed by atoms with Gasteiger partial charge in [-0.05, 0) is 23.6 Å². The first-order valence-corrected chi connectivity index (χ1v) is 3.83. The Balaban J connectivity index is 2.71. The van der Waals surface area contributed by atoms with Gasteiger partial charge in [-0.2, -0.15) is 0 Å². The van der Waals surface area contributed by atoms with Crippen molar-refractivity contribution in [2.75, 3.05) is 6.54 Å². The Morgan fingerprint density at radius 1 is 1.62 bits per heavy atom. The molecule has 0 aromatic carbocycles. The van der Waals surface area contributed by atoms with E-state index in [1.807, 2.05) is 0 Å². The Labute approximate surface area is 80.2 Å². The minimum Gasteiger partial charge on any atom is -0.228 e. The highest BCUT2D eigenvalue weighted by molar-refractivity contribution is 6.29. The van der Waals surface area contributed by atoms with Gasteiger partial charge in [-0.15, -0.1) is 0 Å². The normalized spacial score (nSPS) is 8.08. The van der Waals surface area contributed by atoms with Crippen molar-refractivity contribution in [3.8, 4) is 11.8 Å². The molecule has 0 fully saturated rings. The lowest BCUT2D eigenvalue weighted by molar-refractivity contribution is 1.24. The third kappa shape index (κ3) is 3.48. The average Bonchev–Trinajstić information content (AvgIpc) is 2.13. The molecule has 0 amide bonds. The van der Waals surface area contributed by atoms with Gasteiger partial charge in [0.25, 0.3) is 0 Å². The largest absolute Gasteiger partial charge is 0.228 e. The van der Waals surface area contributed by atoms with Crippen molar-refractivity contribution in [3.05, 3.63) is 39.5 Å². The number of pyridine rings is 1. The molecule has 1 heterocycles. The number of azide groups is 1. The highest BCUT2D eigenvalue weighted by Crippen LogP contribution is 2.03. The van der Waals surface area contributed by atoms with Gasteiger partial charge in [0.05, 0.1) is 6.54 Å². The molecule has 0 aliphatic rings. The molecule has 0 N–H and O–H groups in total. The van der Waals surface area contributed by atoms with Gasteiger partial charge in [0.15, 0.2) is 0 Å². The number of nitrogens with zero attached hydrogens (tertiary/aromatic N) is 4. The quantitative estimate of drug-likeness (QED) is 0.222. The first-order valence-electron chi connectivity index (χ1n) is 3.45. The fourth-order valence-corrected chi connectivity index (χ4v) is 0.839. The van der Waals surface area contributed by atoms with E-state index in [9.17, 15) is 0 Å². The summed E-state index contributed by atoms with van der Waals surface area (Å²) in [4.78, 5) is 6.49. The molecule has 4 nitrogen and oxygen atoms in total. The van der Waals surface area contributed by atoms with Crippen LogP contribution in [0, 0.1) is 11.8 Å². The van der Waals surface area contributed by atoms with Crippen LogP contribution in [0.15, 0.2) is 23.3 Å². The van der Waals surface area contributed by atoms with Gasteiger partial charge in [0.1, 0.15) is 10.8 Å². The Morgan fingerprint density at radius 2 is 2.46 bits per heavy atom. The van der Waals surface area contributed by atoms with Crippen LogP contribution in [0.3, 0.4) is 0 Å². The summed E-state index contributed by atoms with van der Waals surface area (Å²) < 4.78 is 0. The Morgan fingerprint density at radius 3 is 3.15 bits per heavy atom. The van der Waals surface area contributed by atoms with E-state index in [-0.39, 0.29) is 6.54 Å². The molecule has 13 heavy (non-hydrogen) atoms. The van der Waals surface area contributed by atoms with Crippen LogP contribution in [0.2, 0.25) is 5.15 Å². The monoisotopic (exact) mass is 192 g/mol. The van der Waals surface area contributed by atoms with Gasteiger partial charge in [0, 0.05) is 4.91 Å². The second-order valence-electron chi connectivity index (χ2n) is 2.04. The first kappa shape index (κ1) is 9.40. The van der Waals surface area contributed by atoms with Crippen molar-refractivity contribution in [2.45, 2.75) is 0 Å². The van der Waals surface area contributed by atoms with Crippen molar-refractivity contribution in [1.82, 2.24) is 4.98 Å². The van der Waals surface area contributed by atoms with E-state index in [2.05, 4.69) is 26.9 Å². The Kier molecular flexibility index (Phi) is 3.65. The van der Waals surface area contributed by atoms with Crippen LogP contribution in [0.4, 0.5) is 0 Å². The lowest BCUT2D eigenvalue weighted by Crippen LogP contribution is -1.81. The summed E-state index contributed by atoms with van der Waals surface area (Å²) in [7, 11) is 0. The number of hydrogen-bond acceptors (Lipinski definition) is 2. The van der Waals surface area contributed by atoms with Crippen LogP contribution < -0.4 is 0 Å². The molecule has 1 aromatic rings. The molecular weight excluding hydrogens is 188 g/mol. The summed E-state index contributed by atoms with van der Waals surface area (Å²) in [6, 6.07) is 5.15. The standard InChI is InChI=1S/C8H5ClN4/c9-8-5-1-3-7(12-8)4-2-6-11-13-10/h1,3,5H,6H2. The fourth-order valence-electron chi connectivity index (χ4n) is 0.675. The third-order valence-electron chi connectivity index (χ3n) is 1.14. The molecule has 64 valence electrons. The van der Waals surface area contributed by atoms with Gasteiger partial charge in [0.2, 0.25) is 0 Å². The third-order valence-corrected chi connectivity index (χ3v) is 1.36. The molecule has 0 unspecified atom stereocenters. The molecule has 0 aliphatic carbocycles. The second-order valence-corrected chi connectivity index (χ2v) is 2.42. The topological polar surface area (TPSA) is 61.7 Å². The molecule has 0 radical (unpaired) electrons. The summed E-state index contributed by atoms with van der Waals surface area (Å²) in [6.07, 6.45) is 0. The Hall–Kier alpha value is -1.69. The van der Waals surface area contributed by atoms with E-state index in [4.69, 9.17) is 17.1 Å². The zero-order valence-corrected chi connectivity index (χ0v) is 7.36. The highest BCUT2D eigenvalue weighted by Gasteiger charge is 1.88.